The summed E-state index contributed by atoms with van der Waals surface area (Å²) >= 11 is 0. The van der Waals surface area contributed by atoms with Gasteiger partial charge in [-0.1, -0.05) is 32.0 Å². The number of hydrogen-bond acceptors (Lipinski definition) is 5. The summed E-state index contributed by atoms with van der Waals surface area (Å²) in [6, 6.07) is 7.93. The molecular formula is C21H31N5O. The van der Waals surface area contributed by atoms with Crippen molar-refractivity contribution in [1.82, 2.24) is 20.2 Å². The van der Waals surface area contributed by atoms with Crippen LogP contribution in [0.1, 0.15) is 53.5 Å². The Balaban J connectivity index is 2.17. The van der Waals surface area contributed by atoms with Gasteiger partial charge in [0.05, 0.1) is 0 Å². The van der Waals surface area contributed by atoms with Crippen molar-refractivity contribution in [3.8, 4) is 0 Å². The van der Waals surface area contributed by atoms with Crippen molar-refractivity contribution in [2.45, 2.75) is 40.0 Å². The maximum atomic E-state index is 12.4. The highest BCUT2D eigenvalue weighted by Gasteiger charge is 2.14. The molecular weight excluding hydrogens is 338 g/mol. The largest absolute Gasteiger partial charge is 0.351 e. The van der Waals surface area contributed by atoms with Crippen molar-refractivity contribution in [2.24, 2.45) is 0 Å². The number of nitrogens with one attached hydrogen (secondary N) is 2. The van der Waals surface area contributed by atoms with Crippen LogP contribution >= 0.6 is 0 Å². The van der Waals surface area contributed by atoms with Gasteiger partial charge in [-0.2, -0.15) is 0 Å². The Hall–Kier alpha value is -2.47. The lowest BCUT2D eigenvalue weighted by molar-refractivity contribution is 0.0947. The van der Waals surface area contributed by atoms with Crippen LogP contribution in [0, 0.1) is 13.8 Å². The first-order valence-electron chi connectivity index (χ1n) is 9.43. The predicted octanol–water partition coefficient (Wildman–Crippen LogP) is 3.64. The molecule has 0 saturated carbocycles. The van der Waals surface area contributed by atoms with Gasteiger partial charge in [-0.15, -0.1) is 0 Å². The smallest absolute Gasteiger partial charge is 0.270 e. The summed E-state index contributed by atoms with van der Waals surface area (Å²) in [6.07, 6.45) is 0.898. The van der Waals surface area contributed by atoms with E-state index in [1.165, 1.54) is 5.56 Å². The first-order chi connectivity index (χ1) is 12.8. The van der Waals surface area contributed by atoms with Crippen molar-refractivity contribution >= 4 is 17.5 Å². The first-order valence-corrected chi connectivity index (χ1v) is 9.43. The van der Waals surface area contributed by atoms with E-state index in [2.05, 4.69) is 64.5 Å². The summed E-state index contributed by atoms with van der Waals surface area (Å²) in [5.41, 5.74) is 4.48. The summed E-state index contributed by atoms with van der Waals surface area (Å²) in [5.74, 6) is 0.650. The summed E-state index contributed by atoms with van der Waals surface area (Å²) in [6.45, 7) is 9.80. The number of nitrogens with zero attached hydrogens (tertiary/aromatic N) is 3. The zero-order valence-electron chi connectivity index (χ0n) is 17.3. The van der Waals surface area contributed by atoms with Gasteiger partial charge in [0.2, 0.25) is 5.95 Å². The summed E-state index contributed by atoms with van der Waals surface area (Å²) in [4.78, 5) is 23.4. The lowest BCUT2D eigenvalue weighted by atomic mass is 9.98. The molecule has 1 heterocycles. The molecule has 0 aliphatic carbocycles. The molecule has 1 amide bonds. The molecule has 2 aromatic rings. The third-order valence-corrected chi connectivity index (χ3v) is 4.32. The number of aryl methyl sites for hydroxylation is 2. The van der Waals surface area contributed by atoms with Crippen molar-refractivity contribution < 1.29 is 4.79 Å². The molecule has 0 fully saturated rings. The molecule has 1 aromatic carbocycles. The highest BCUT2D eigenvalue weighted by molar-refractivity contribution is 5.92. The minimum absolute atomic E-state index is 0.170. The lowest BCUT2D eigenvalue weighted by Crippen LogP contribution is -2.28. The summed E-state index contributed by atoms with van der Waals surface area (Å²) in [5, 5.41) is 6.26. The number of amides is 1. The highest BCUT2D eigenvalue weighted by atomic mass is 16.1. The Morgan fingerprint density at radius 3 is 2.59 bits per heavy atom. The molecule has 2 N–H and O–H groups in total. The fourth-order valence-corrected chi connectivity index (χ4v) is 2.88. The number of aromatic nitrogens is 2. The van der Waals surface area contributed by atoms with Gasteiger partial charge >= 0.3 is 0 Å². The molecule has 0 unspecified atom stereocenters. The number of benzene rings is 1. The molecule has 1 aromatic heterocycles. The fraction of sp³-hybridized carbons (Fsp3) is 0.476. The Morgan fingerprint density at radius 1 is 1.19 bits per heavy atom. The van der Waals surface area contributed by atoms with Gasteiger partial charge in [-0.3, -0.25) is 4.79 Å². The zero-order chi connectivity index (χ0) is 20.0. The van der Waals surface area contributed by atoms with Crippen LogP contribution in [0.15, 0.2) is 24.3 Å². The van der Waals surface area contributed by atoms with Crippen LogP contribution in [0.25, 0.3) is 0 Å². The molecule has 0 spiro atoms. The van der Waals surface area contributed by atoms with Crippen LogP contribution in [0.4, 0.5) is 11.6 Å². The second kappa shape index (κ2) is 9.46. The molecule has 0 atom stereocenters. The molecule has 6 nitrogen and oxygen atoms in total. The van der Waals surface area contributed by atoms with Crippen molar-refractivity contribution in [1.29, 1.82) is 0 Å². The average molecular weight is 370 g/mol. The predicted molar refractivity (Wildman–Crippen MR) is 111 cm³/mol. The topological polar surface area (TPSA) is 70.2 Å². The quantitative estimate of drug-likeness (QED) is 0.695. The third kappa shape index (κ3) is 6.03. The van der Waals surface area contributed by atoms with Crippen molar-refractivity contribution in [3.05, 3.63) is 46.8 Å². The molecule has 0 bridgehead atoms. The Kier molecular flexibility index (Phi) is 7.30. The number of rotatable bonds is 8. The van der Waals surface area contributed by atoms with Crippen molar-refractivity contribution in [3.63, 3.8) is 0 Å². The maximum absolute atomic E-state index is 12.4. The third-order valence-electron chi connectivity index (χ3n) is 4.32. The van der Waals surface area contributed by atoms with Gasteiger partial charge in [-0.25, -0.2) is 9.97 Å². The SMILES string of the molecule is Cc1cc(C(=O)NCCCN(C)C)nc(Nc2c(C)cccc2C(C)C)n1. The van der Waals surface area contributed by atoms with E-state index in [1.807, 2.05) is 21.0 Å². The molecule has 2 rings (SSSR count). The van der Waals surface area contributed by atoms with Crippen LogP contribution in [-0.4, -0.2) is 48.0 Å². The maximum Gasteiger partial charge on any atom is 0.270 e. The van der Waals surface area contributed by atoms with E-state index in [-0.39, 0.29) is 5.91 Å². The Labute approximate surface area is 162 Å². The van der Waals surface area contributed by atoms with E-state index in [0.717, 1.165) is 29.9 Å². The van der Waals surface area contributed by atoms with E-state index in [9.17, 15) is 4.79 Å². The first kappa shape index (κ1) is 20.8. The van der Waals surface area contributed by atoms with Crippen LogP contribution in [0.3, 0.4) is 0 Å². The second-order valence-corrected chi connectivity index (χ2v) is 7.45. The molecule has 0 saturated heterocycles. The zero-order valence-corrected chi connectivity index (χ0v) is 17.3. The van der Waals surface area contributed by atoms with Gasteiger partial charge in [0.15, 0.2) is 0 Å². The van der Waals surface area contributed by atoms with E-state index in [0.29, 0.717) is 24.1 Å². The van der Waals surface area contributed by atoms with Gasteiger partial charge in [0.25, 0.3) is 5.91 Å². The van der Waals surface area contributed by atoms with E-state index >= 15 is 0 Å². The molecule has 0 aliphatic rings. The molecule has 146 valence electrons. The van der Waals surface area contributed by atoms with Crippen molar-refractivity contribution in [2.75, 3.05) is 32.5 Å². The molecule has 6 heteroatoms. The number of carbonyl (C=O) groups is 1. The Morgan fingerprint density at radius 2 is 1.93 bits per heavy atom. The Bertz CT molecular complexity index is 786. The normalized spacial score (nSPS) is 11.1. The van der Waals surface area contributed by atoms with Crippen LogP contribution < -0.4 is 10.6 Å². The monoisotopic (exact) mass is 369 g/mol. The second-order valence-electron chi connectivity index (χ2n) is 7.45. The van der Waals surface area contributed by atoms with E-state index < -0.39 is 0 Å². The fourth-order valence-electron chi connectivity index (χ4n) is 2.88. The molecule has 27 heavy (non-hydrogen) atoms. The number of para-hydroxylation sites is 1. The minimum atomic E-state index is -0.170. The highest BCUT2D eigenvalue weighted by Crippen LogP contribution is 2.29. The van der Waals surface area contributed by atoms with Gasteiger partial charge in [0, 0.05) is 17.9 Å². The average Bonchev–Trinajstić information content (AvgIpc) is 2.59. The van der Waals surface area contributed by atoms with Gasteiger partial charge in [-0.05, 0) is 64.0 Å². The van der Waals surface area contributed by atoms with Crippen LogP contribution in [0.5, 0.6) is 0 Å². The van der Waals surface area contributed by atoms with Crippen LogP contribution in [0.2, 0.25) is 0 Å². The molecule has 0 aliphatic heterocycles. The molecule has 0 radical (unpaired) electrons. The van der Waals surface area contributed by atoms with Gasteiger partial charge in [0.1, 0.15) is 5.69 Å². The minimum Gasteiger partial charge on any atom is -0.351 e. The standard InChI is InChI=1S/C21H31N5O/c1-14(2)17-10-7-9-15(3)19(17)25-21-23-16(4)13-18(24-21)20(27)22-11-8-12-26(5)6/h7,9-10,13-14H,8,11-12H2,1-6H3,(H,22,27)(H,23,24,25). The van der Waals surface area contributed by atoms with Crippen LogP contribution in [-0.2, 0) is 0 Å². The van der Waals surface area contributed by atoms with E-state index in [4.69, 9.17) is 0 Å². The number of carbonyl (C=O) groups excluding carboxylic acids is 1. The van der Waals surface area contributed by atoms with Gasteiger partial charge < -0.3 is 15.5 Å². The lowest BCUT2D eigenvalue weighted by Gasteiger charge is -2.17. The van der Waals surface area contributed by atoms with E-state index in [1.54, 1.807) is 6.07 Å². The summed E-state index contributed by atoms with van der Waals surface area (Å²) < 4.78 is 0. The number of anilines is 2. The number of hydrogen-bond donors (Lipinski definition) is 2. The summed E-state index contributed by atoms with van der Waals surface area (Å²) in [7, 11) is 4.04.